The molecule has 2 N–H and O–H groups in total. The van der Waals surface area contributed by atoms with Crippen LogP contribution in [0.5, 0.6) is 0 Å². The number of unbranched alkanes of at least 4 members (excludes halogenated alkanes) is 14. The van der Waals surface area contributed by atoms with E-state index in [-0.39, 0.29) is 42.0 Å². The molecule has 27 heavy (non-hydrogen) atoms. The molecule has 0 radical (unpaired) electrons. The first-order valence-corrected chi connectivity index (χ1v) is 12.3. The van der Waals surface area contributed by atoms with E-state index in [0.717, 1.165) is 19.3 Å². The number of carbonyl (C=O) groups is 1. The van der Waals surface area contributed by atoms with Gasteiger partial charge in [-0.3, -0.25) is 9.35 Å². The van der Waals surface area contributed by atoms with Gasteiger partial charge in [-0.25, -0.2) is 0 Å². The van der Waals surface area contributed by atoms with Crippen molar-refractivity contribution >= 4 is 45.6 Å². The summed E-state index contributed by atoms with van der Waals surface area (Å²) in [7, 11) is -3.99. The van der Waals surface area contributed by atoms with Gasteiger partial charge >= 0.3 is 29.6 Å². The average Bonchev–Trinajstić information content (AvgIpc) is 2.57. The molecule has 0 aromatic rings. The summed E-state index contributed by atoms with van der Waals surface area (Å²) in [4.78, 5) is 11.5. The third-order valence-electron chi connectivity index (χ3n) is 4.69. The van der Waals surface area contributed by atoms with Crippen molar-refractivity contribution in [3.05, 3.63) is 0 Å². The second-order valence-corrected chi connectivity index (χ2v) is 8.91. The molecule has 0 aliphatic heterocycles. The van der Waals surface area contributed by atoms with Gasteiger partial charge in [-0.05, 0) is 6.42 Å². The van der Waals surface area contributed by atoms with E-state index in [1.165, 1.54) is 77.0 Å². The van der Waals surface area contributed by atoms with Crippen molar-refractivity contribution in [1.82, 2.24) is 5.32 Å². The molecule has 0 unspecified atom stereocenters. The Morgan fingerprint density at radius 1 is 0.741 bits per heavy atom. The fourth-order valence-corrected chi connectivity index (χ4v) is 3.42. The van der Waals surface area contributed by atoms with Crippen molar-refractivity contribution in [1.29, 1.82) is 0 Å². The van der Waals surface area contributed by atoms with Gasteiger partial charge in [0.25, 0.3) is 10.1 Å². The summed E-state index contributed by atoms with van der Waals surface area (Å²) >= 11 is 0. The number of hydrogen-bond acceptors (Lipinski definition) is 3. The first kappa shape index (κ1) is 29.6. The van der Waals surface area contributed by atoms with Gasteiger partial charge in [0.2, 0.25) is 5.91 Å². The fourth-order valence-electron chi connectivity index (χ4n) is 3.06. The zero-order valence-corrected chi connectivity index (χ0v) is 17.6. The van der Waals surface area contributed by atoms with Crippen molar-refractivity contribution in [2.24, 2.45) is 0 Å². The Labute approximate surface area is 189 Å². The standard InChI is InChI=1S/C20H41NO4S.Na.H/c1-2-3-4-5-6-7-8-9-10-11-12-13-14-15-16-17-20(22)21-18-19-26(23,24)25;;/h2-19H2,1H3,(H,21,22)(H,23,24,25);;. The molecule has 0 rings (SSSR count). The zero-order valence-electron chi connectivity index (χ0n) is 16.8. The molecule has 5 nitrogen and oxygen atoms in total. The van der Waals surface area contributed by atoms with Crippen LogP contribution in [0.4, 0.5) is 0 Å². The number of nitrogens with one attached hydrogen (secondary N) is 1. The van der Waals surface area contributed by atoms with Gasteiger partial charge in [-0.15, -0.1) is 0 Å². The Kier molecular flexibility index (Phi) is 23.1. The number of amides is 1. The van der Waals surface area contributed by atoms with Crippen molar-refractivity contribution in [2.75, 3.05) is 12.3 Å². The van der Waals surface area contributed by atoms with Crippen molar-refractivity contribution < 1.29 is 17.8 Å². The van der Waals surface area contributed by atoms with E-state index in [2.05, 4.69) is 12.2 Å². The van der Waals surface area contributed by atoms with Crippen LogP contribution in [0.25, 0.3) is 0 Å². The van der Waals surface area contributed by atoms with Crippen molar-refractivity contribution in [3.8, 4) is 0 Å². The van der Waals surface area contributed by atoms with E-state index in [9.17, 15) is 13.2 Å². The van der Waals surface area contributed by atoms with Gasteiger partial charge in [-0.2, -0.15) is 8.42 Å². The van der Waals surface area contributed by atoms with E-state index >= 15 is 0 Å². The molecule has 0 saturated carbocycles. The molecule has 0 aromatic carbocycles. The van der Waals surface area contributed by atoms with E-state index in [4.69, 9.17) is 4.55 Å². The maximum absolute atomic E-state index is 11.5. The van der Waals surface area contributed by atoms with Gasteiger partial charge in [-0.1, -0.05) is 96.8 Å². The van der Waals surface area contributed by atoms with Crippen LogP contribution in [-0.4, -0.2) is 60.7 Å². The minimum atomic E-state index is -3.99. The molecule has 0 heterocycles. The van der Waals surface area contributed by atoms with E-state index in [0.29, 0.717) is 6.42 Å². The molecule has 0 atom stereocenters. The van der Waals surface area contributed by atoms with Crippen LogP contribution in [0.2, 0.25) is 0 Å². The predicted molar refractivity (Wildman–Crippen MR) is 116 cm³/mol. The predicted octanol–water partition coefficient (Wildman–Crippen LogP) is 4.60. The average molecular weight is 416 g/mol. The summed E-state index contributed by atoms with van der Waals surface area (Å²) in [5.74, 6) is -0.555. The fraction of sp³-hybridized carbons (Fsp3) is 0.950. The Balaban J connectivity index is 0. The van der Waals surface area contributed by atoms with E-state index in [1.54, 1.807) is 0 Å². The van der Waals surface area contributed by atoms with Crippen LogP contribution in [0.1, 0.15) is 110 Å². The SMILES string of the molecule is CCCCCCCCCCCCCCCCCC(=O)NCCS(=O)(=O)O.[NaH]. The van der Waals surface area contributed by atoms with Gasteiger partial charge in [0.15, 0.2) is 0 Å². The summed E-state index contributed by atoms with van der Waals surface area (Å²) in [6, 6.07) is 0. The van der Waals surface area contributed by atoms with E-state index in [1.807, 2.05) is 0 Å². The number of hydrogen-bond donors (Lipinski definition) is 2. The normalized spacial score (nSPS) is 11.2. The molecule has 0 aliphatic rings. The first-order chi connectivity index (χ1) is 12.5. The maximum atomic E-state index is 11.5. The summed E-state index contributed by atoms with van der Waals surface area (Å²) in [5.41, 5.74) is 0. The molecule has 7 heteroatoms. The third-order valence-corrected chi connectivity index (χ3v) is 5.41. The summed E-state index contributed by atoms with van der Waals surface area (Å²) in [6.07, 6.45) is 19.8. The van der Waals surface area contributed by atoms with Crippen molar-refractivity contribution in [3.63, 3.8) is 0 Å². The zero-order chi connectivity index (χ0) is 19.5. The molecule has 0 bridgehead atoms. The third kappa shape index (κ3) is 26.4. The quantitative estimate of drug-likeness (QED) is 0.183. The minimum absolute atomic E-state index is 0. The second kappa shape index (κ2) is 21.1. The van der Waals surface area contributed by atoms with Crippen LogP contribution in [0, 0.1) is 0 Å². The van der Waals surface area contributed by atoms with Crippen LogP contribution in [0.15, 0.2) is 0 Å². The molecule has 0 spiro atoms. The van der Waals surface area contributed by atoms with Crippen molar-refractivity contribution in [2.45, 2.75) is 110 Å². The molecule has 1 amide bonds. The van der Waals surface area contributed by atoms with Gasteiger partial charge in [0, 0.05) is 13.0 Å². The molecular formula is C20H42NNaO4S. The van der Waals surface area contributed by atoms with Gasteiger partial charge in [0.1, 0.15) is 0 Å². The van der Waals surface area contributed by atoms with Crippen LogP contribution in [-0.2, 0) is 14.9 Å². The Bertz CT molecular complexity index is 430. The van der Waals surface area contributed by atoms with Gasteiger partial charge < -0.3 is 5.32 Å². The number of carbonyl (C=O) groups excluding carboxylic acids is 1. The van der Waals surface area contributed by atoms with Crippen LogP contribution in [0.3, 0.4) is 0 Å². The Morgan fingerprint density at radius 2 is 1.11 bits per heavy atom. The number of rotatable bonds is 19. The molecule has 0 aliphatic carbocycles. The second-order valence-electron chi connectivity index (χ2n) is 7.34. The van der Waals surface area contributed by atoms with Crippen LogP contribution >= 0.6 is 0 Å². The summed E-state index contributed by atoms with van der Waals surface area (Å²) < 4.78 is 29.6. The monoisotopic (exact) mass is 415 g/mol. The Morgan fingerprint density at radius 3 is 1.48 bits per heavy atom. The Hall–Kier alpha value is 0.380. The summed E-state index contributed by atoms with van der Waals surface area (Å²) in [6.45, 7) is 2.24. The van der Waals surface area contributed by atoms with E-state index < -0.39 is 15.9 Å². The molecule has 0 saturated heterocycles. The molecule has 0 aromatic heterocycles. The molecule has 158 valence electrons. The molecule has 0 fully saturated rings. The van der Waals surface area contributed by atoms with Crippen LogP contribution < -0.4 is 5.32 Å². The molecular weight excluding hydrogens is 373 g/mol. The first-order valence-electron chi connectivity index (χ1n) is 10.7. The summed E-state index contributed by atoms with van der Waals surface area (Å²) in [5, 5.41) is 2.51. The van der Waals surface area contributed by atoms with Gasteiger partial charge in [0.05, 0.1) is 5.75 Å². The topological polar surface area (TPSA) is 83.5 Å².